The van der Waals surface area contributed by atoms with E-state index in [2.05, 4.69) is 21.3 Å². The summed E-state index contributed by atoms with van der Waals surface area (Å²) < 4.78 is 6.13. The maximum atomic E-state index is 9.32. The van der Waals surface area contributed by atoms with Gasteiger partial charge >= 0.3 is 0 Å². The number of benzene rings is 2. The number of nitrogens with two attached hydrogens (primary N) is 1. The summed E-state index contributed by atoms with van der Waals surface area (Å²) in [5.74, 6) is 1.06. The molecule has 0 saturated heterocycles. The predicted molar refractivity (Wildman–Crippen MR) is 115 cm³/mol. The summed E-state index contributed by atoms with van der Waals surface area (Å²) in [4.78, 5) is 4.54. The Balaban J connectivity index is 1.69. The molecule has 0 amide bonds. The van der Waals surface area contributed by atoms with Crippen molar-refractivity contribution in [2.75, 3.05) is 6.54 Å². The first-order chi connectivity index (χ1) is 14.8. The highest BCUT2D eigenvalue weighted by Crippen LogP contribution is 2.34. The van der Waals surface area contributed by atoms with Crippen molar-refractivity contribution >= 4 is 0 Å². The highest BCUT2D eigenvalue weighted by Gasteiger charge is 2.12. The third-order valence-electron chi connectivity index (χ3n) is 4.57. The molecule has 4 rings (SSSR count). The maximum absolute atomic E-state index is 9.32. The quantitative estimate of drug-likeness (QED) is 0.522. The Morgan fingerprint density at radius 2 is 1.80 bits per heavy atom. The van der Waals surface area contributed by atoms with E-state index in [1.807, 2.05) is 60.8 Å². The van der Waals surface area contributed by atoms with Crippen LogP contribution in [-0.4, -0.2) is 21.7 Å². The number of nitriles is 1. The van der Waals surface area contributed by atoms with Crippen LogP contribution in [0.4, 0.5) is 0 Å². The first kappa shape index (κ1) is 19.2. The Labute approximate surface area is 174 Å². The molecule has 2 aromatic heterocycles. The van der Waals surface area contributed by atoms with Crippen LogP contribution >= 0.6 is 0 Å². The van der Waals surface area contributed by atoms with Crippen molar-refractivity contribution in [1.29, 1.82) is 5.26 Å². The van der Waals surface area contributed by atoms with E-state index in [0.29, 0.717) is 29.3 Å². The standard InChI is InChI=1S/C24H19N5O/c25-11-10-17-7-9-22(27-15-17)21-8-6-18(14-26)12-24(21)30-20-13-23(29-28-16-20)19-4-2-1-3-5-19/h1-9,12-13,15-16H,10-11,25H2. The molecule has 0 spiro atoms. The molecule has 0 aliphatic heterocycles. The largest absolute Gasteiger partial charge is 0.455 e. The van der Waals surface area contributed by atoms with Crippen molar-refractivity contribution < 1.29 is 4.74 Å². The summed E-state index contributed by atoms with van der Waals surface area (Å²) in [6.45, 7) is 0.574. The summed E-state index contributed by atoms with van der Waals surface area (Å²) in [6, 6.07) is 22.9. The van der Waals surface area contributed by atoms with Gasteiger partial charge in [0.05, 0.1) is 29.2 Å². The van der Waals surface area contributed by atoms with Gasteiger partial charge in [-0.25, -0.2) is 0 Å². The van der Waals surface area contributed by atoms with Crippen LogP contribution in [0.25, 0.3) is 22.5 Å². The minimum atomic E-state index is 0.499. The number of nitrogens with zero attached hydrogens (tertiary/aromatic N) is 4. The zero-order chi connectivity index (χ0) is 20.8. The van der Waals surface area contributed by atoms with Gasteiger partial charge in [0.1, 0.15) is 11.5 Å². The molecule has 4 aromatic rings. The fraction of sp³-hybridized carbons (Fsp3) is 0.0833. The zero-order valence-corrected chi connectivity index (χ0v) is 16.2. The normalized spacial score (nSPS) is 10.4. The molecular weight excluding hydrogens is 374 g/mol. The highest BCUT2D eigenvalue weighted by molar-refractivity contribution is 5.69. The second-order valence-corrected chi connectivity index (χ2v) is 6.66. The topological polar surface area (TPSA) is 97.7 Å². The van der Waals surface area contributed by atoms with E-state index in [9.17, 15) is 5.26 Å². The van der Waals surface area contributed by atoms with Crippen LogP contribution in [0, 0.1) is 11.3 Å². The molecule has 0 unspecified atom stereocenters. The maximum Gasteiger partial charge on any atom is 0.149 e. The predicted octanol–water partition coefficient (Wildman–Crippen LogP) is 4.37. The van der Waals surface area contributed by atoms with E-state index in [4.69, 9.17) is 10.5 Å². The first-order valence-corrected chi connectivity index (χ1v) is 9.52. The number of ether oxygens (including phenoxy) is 1. The Bertz CT molecular complexity index is 1180. The molecular formula is C24H19N5O. The van der Waals surface area contributed by atoms with Crippen molar-refractivity contribution in [3.8, 4) is 40.1 Å². The molecule has 0 fully saturated rings. The minimum absolute atomic E-state index is 0.499. The Kier molecular flexibility index (Phi) is 5.74. The molecule has 6 heteroatoms. The molecule has 2 aromatic carbocycles. The van der Waals surface area contributed by atoms with Crippen molar-refractivity contribution in [3.63, 3.8) is 0 Å². The summed E-state index contributed by atoms with van der Waals surface area (Å²) in [5, 5.41) is 17.6. The summed E-state index contributed by atoms with van der Waals surface area (Å²) in [5.41, 5.74) is 10.4. The lowest BCUT2D eigenvalue weighted by Gasteiger charge is -2.12. The highest BCUT2D eigenvalue weighted by atomic mass is 16.5. The summed E-state index contributed by atoms with van der Waals surface area (Å²) in [6.07, 6.45) is 4.13. The number of pyridine rings is 1. The molecule has 0 atom stereocenters. The summed E-state index contributed by atoms with van der Waals surface area (Å²) >= 11 is 0. The lowest BCUT2D eigenvalue weighted by Crippen LogP contribution is -2.03. The number of rotatable bonds is 6. The van der Waals surface area contributed by atoms with Gasteiger partial charge in [0.25, 0.3) is 0 Å². The molecule has 0 saturated carbocycles. The molecule has 2 heterocycles. The van der Waals surface area contributed by atoms with Gasteiger partial charge in [0.2, 0.25) is 0 Å². The fourth-order valence-electron chi connectivity index (χ4n) is 3.07. The van der Waals surface area contributed by atoms with E-state index in [1.54, 1.807) is 18.3 Å². The van der Waals surface area contributed by atoms with E-state index in [0.717, 1.165) is 28.8 Å². The van der Waals surface area contributed by atoms with Gasteiger partial charge in [-0.15, -0.1) is 0 Å². The Morgan fingerprint density at radius 3 is 2.53 bits per heavy atom. The van der Waals surface area contributed by atoms with Gasteiger partial charge < -0.3 is 10.5 Å². The Hall–Kier alpha value is -4.08. The van der Waals surface area contributed by atoms with Gasteiger partial charge in [0.15, 0.2) is 0 Å². The molecule has 0 radical (unpaired) electrons. The summed E-state index contributed by atoms with van der Waals surface area (Å²) in [7, 11) is 0. The van der Waals surface area contributed by atoms with Crippen LogP contribution < -0.4 is 10.5 Å². The second-order valence-electron chi connectivity index (χ2n) is 6.66. The number of hydrogen-bond acceptors (Lipinski definition) is 6. The van der Waals surface area contributed by atoms with Crippen LogP contribution in [0.2, 0.25) is 0 Å². The zero-order valence-electron chi connectivity index (χ0n) is 16.2. The van der Waals surface area contributed by atoms with Crippen molar-refractivity contribution in [1.82, 2.24) is 15.2 Å². The molecule has 0 bridgehead atoms. The average molecular weight is 393 g/mol. The van der Waals surface area contributed by atoms with Crippen molar-refractivity contribution in [2.24, 2.45) is 5.73 Å². The lowest BCUT2D eigenvalue weighted by atomic mass is 10.1. The van der Waals surface area contributed by atoms with E-state index < -0.39 is 0 Å². The lowest BCUT2D eigenvalue weighted by molar-refractivity contribution is 0.480. The van der Waals surface area contributed by atoms with Gasteiger partial charge in [-0.2, -0.15) is 15.5 Å². The van der Waals surface area contributed by atoms with Crippen LogP contribution in [0.5, 0.6) is 11.5 Å². The minimum Gasteiger partial charge on any atom is -0.455 e. The van der Waals surface area contributed by atoms with Crippen molar-refractivity contribution in [2.45, 2.75) is 6.42 Å². The first-order valence-electron chi connectivity index (χ1n) is 9.52. The van der Waals surface area contributed by atoms with E-state index in [-0.39, 0.29) is 0 Å². The average Bonchev–Trinajstić information content (AvgIpc) is 2.81. The number of hydrogen-bond donors (Lipinski definition) is 1. The van der Waals surface area contributed by atoms with Gasteiger partial charge in [-0.1, -0.05) is 36.4 Å². The molecule has 6 nitrogen and oxygen atoms in total. The van der Waals surface area contributed by atoms with Crippen LogP contribution in [0.1, 0.15) is 11.1 Å². The number of aromatic nitrogens is 3. The third-order valence-corrected chi connectivity index (χ3v) is 4.57. The van der Waals surface area contributed by atoms with Crippen LogP contribution in [0.3, 0.4) is 0 Å². The van der Waals surface area contributed by atoms with E-state index in [1.165, 1.54) is 0 Å². The van der Waals surface area contributed by atoms with Crippen molar-refractivity contribution in [3.05, 3.63) is 90.3 Å². The molecule has 0 aliphatic carbocycles. The SMILES string of the molecule is N#Cc1ccc(-c2ccc(CCN)cn2)c(Oc2cnnc(-c3ccccc3)c2)c1. The molecule has 2 N–H and O–H groups in total. The van der Waals surface area contributed by atoms with Gasteiger partial charge in [-0.3, -0.25) is 4.98 Å². The molecule has 0 aliphatic rings. The van der Waals surface area contributed by atoms with E-state index >= 15 is 0 Å². The van der Waals surface area contributed by atoms with Gasteiger partial charge in [0, 0.05) is 23.4 Å². The fourth-order valence-corrected chi connectivity index (χ4v) is 3.07. The third kappa shape index (κ3) is 4.32. The second kappa shape index (κ2) is 8.95. The Morgan fingerprint density at radius 1 is 0.933 bits per heavy atom. The molecule has 30 heavy (non-hydrogen) atoms. The monoisotopic (exact) mass is 393 g/mol. The van der Waals surface area contributed by atoms with Gasteiger partial charge in [-0.05, 0) is 42.8 Å². The van der Waals surface area contributed by atoms with Crippen LogP contribution in [0.15, 0.2) is 79.1 Å². The van der Waals surface area contributed by atoms with Crippen LogP contribution in [-0.2, 0) is 6.42 Å². The smallest absolute Gasteiger partial charge is 0.149 e. The molecule has 146 valence electrons.